The number of urea groups is 1. The molecule has 1 aromatic heterocycles. The molecule has 0 saturated carbocycles. The maximum atomic E-state index is 12.1. The topological polar surface area (TPSA) is 48.5 Å². The summed E-state index contributed by atoms with van der Waals surface area (Å²) in [5, 5.41) is 3.18. The highest BCUT2D eigenvalue weighted by Gasteiger charge is 2.29. The molecule has 18 heavy (non-hydrogen) atoms. The predicted molar refractivity (Wildman–Crippen MR) is 70.1 cm³/mol. The third kappa shape index (κ3) is 2.98. The summed E-state index contributed by atoms with van der Waals surface area (Å²) in [7, 11) is 3.80. The second-order valence-corrected chi connectivity index (χ2v) is 4.79. The van der Waals surface area contributed by atoms with E-state index in [1.807, 2.05) is 37.2 Å². The maximum absolute atomic E-state index is 12.1. The van der Waals surface area contributed by atoms with Gasteiger partial charge in [-0.1, -0.05) is 6.07 Å². The van der Waals surface area contributed by atoms with Crippen molar-refractivity contribution in [2.24, 2.45) is 5.92 Å². The molecule has 1 aliphatic heterocycles. The molecule has 0 spiro atoms. The average Bonchev–Trinajstić information content (AvgIpc) is 2.37. The second kappa shape index (κ2) is 5.82. The molecule has 2 heterocycles. The average molecular weight is 248 g/mol. The number of carbonyl (C=O) groups is 1. The van der Waals surface area contributed by atoms with Crippen LogP contribution in [0.4, 0.5) is 4.79 Å². The van der Waals surface area contributed by atoms with Crippen molar-refractivity contribution < 1.29 is 4.79 Å². The van der Waals surface area contributed by atoms with Gasteiger partial charge < -0.3 is 15.1 Å². The van der Waals surface area contributed by atoms with Crippen LogP contribution in [0.5, 0.6) is 0 Å². The Morgan fingerprint density at radius 2 is 2.28 bits per heavy atom. The van der Waals surface area contributed by atoms with Gasteiger partial charge in [-0.15, -0.1) is 0 Å². The highest BCUT2D eigenvalue weighted by Crippen LogP contribution is 2.15. The SMILES string of the molecule is CNCC1CN(C)C(=O)N(Cc2ccccn2)C1. The zero-order valence-corrected chi connectivity index (χ0v) is 11.0. The standard InChI is InChI=1S/C13H20N4O/c1-14-7-11-8-16(2)13(18)17(9-11)10-12-5-3-4-6-15-12/h3-6,11,14H,7-10H2,1-2H3. The van der Waals surface area contributed by atoms with Crippen molar-refractivity contribution in [3.63, 3.8) is 0 Å². The molecule has 98 valence electrons. The summed E-state index contributed by atoms with van der Waals surface area (Å²) < 4.78 is 0. The van der Waals surface area contributed by atoms with Crippen molar-refractivity contribution in [2.75, 3.05) is 33.7 Å². The van der Waals surface area contributed by atoms with E-state index in [1.165, 1.54) is 0 Å². The van der Waals surface area contributed by atoms with Gasteiger partial charge in [0.05, 0.1) is 12.2 Å². The first-order valence-electron chi connectivity index (χ1n) is 6.25. The molecule has 0 aromatic carbocycles. The number of pyridine rings is 1. The highest BCUT2D eigenvalue weighted by atomic mass is 16.2. The molecule has 5 nitrogen and oxygen atoms in total. The summed E-state index contributed by atoms with van der Waals surface area (Å²) in [4.78, 5) is 20.0. The number of carbonyl (C=O) groups excluding carboxylic acids is 1. The molecule has 1 aromatic rings. The Hall–Kier alpha value is -1.62. The monoisotopic (exact) mass is 248 g/mol. The lowest BCUT2D eigenvalue weighted by atomic mass is 10.1. The summed E-state index contributed by atoms with van der Waals surface area (Å²) in [5.74, 6) is 0.474. The molecule has 2 rings (SSSR count). The molecular formula is C13H20N4O. The van der Waals surface area contributed by atoms with E-state index in [9.17, 15) is 4.79 Å². The minimum absolute atomic E-state index is 0.0907. The Morgan fingerprint density at radius 1 is 1.44 bits per heavy atom. The van der Waals surface area contributed by atoms with Gasteiger partial charge in [-0.05, 0) is 19.2 Å². The normalized spacial score (nSPS) is 20.3. The van der Waals surface area contributed by atoms with E-state index in [-0.39, 0.29) is 6.03 Å². The smallest absolute Gasteiger partial charge is 0.320 e. The molecule has 1 saturated heterocycles. The van der Waals surface area contributed by atoms with Crippen LogP contribution in [-0.4, -0.2) is 54.5 Å². The van der Waals surface area contributed by atoms with Crippen LogP contribution in [0.15, 0.2) is 24.4 Å². The van der Waals surface area contributed by atoms with Crippen LogP contribution in [0.2, 0.25) is 0 Å². The lowest BCUT2D eigenvalue weighted by Crippen LogP contribution is -2.53. The van der Waals surface area contributed by atoms with Crippen LogP contribution in [0.3, 0.4) is 0 Å². The first-order chi connectivity index (χ1) is 8.70. The number of nitrogens with one attached hydrogen (secondary N) is 1. The van der Waals surface area contributed by atoms with Gasteiger partial charge in [-0.3, -0.25) is 4.98 Å². The van der Waals surface area contributed by atoms with Crippen molar-refractivity contribution >= 4 is 6.03 Å². The molecule has 1 fully saturated rings. The van der Waals surface area contributed by atoms with E-state index in [0.29, 0.717) is 12.5 Å². The number of aromatic nitrogens is 1. The Kier molecular flexibility index (Phi) is 4.15. The van der Waals surface area contributed by atoms with Crippen LogP contribution >= 0.6 is 0 Å². The van der Waals surface area contributed by atoms with E-state index in [0.717, 1.165) is 25.3 Å². The molecule has 1 atom stereocenters. The number of nitrogens with zero attached hydrogens (tertiary/aromatic N) is 3. The molecule has 2 amide bonds. The first kappa shape index (κ1) is 12.8. The largest absolute Gasteiger partial charge is 0.327 e. The summed E-state index contributed by atoms with van der Waals surface area (Å²) in [6.07, 6.45) is 1.76. The van der Waals surface area contributed by atoms with Crippen molar-refractivity contribution in [3.05, 3.63) is 30.1 Å². The van der Waals surface area contributed by atoms with Crippen LogP contribution in [0.25, 0.3) is 0 Å². The molecule has 0 radical (unpaired) electrons. The van der Waals surface area contributed by atoms with Gasteiger partial charge in [-0.25, -0.2) is 4.79 Å². The van der Waals surface area contributed by atoms with Gasteiger partial charge in [-0.2, -0.15) is 0 Å². The highest BCUT2D eigenvalue weighted by molar-refractivity contribution is 5.75. The Balaban J connectivity index is 2.03. The fourth-order valence-electron chi connectivity index (χ4n) is 2.39. The summed E-state index contributed by atoms with van der Waals surface area (Å²) in [6, 6.07) is 5.88. The first-order valence-corrected chi connectivity index (χ1v) is 6.25. The third-order valence-electron chi connectivity index (χ3n) is 3.18. The summed E-state index contributed by atoms with van der Waals surface area (Å²) in [6.45, 7) is 3.12. The van der Waals surface area contributed by atoms with Crippen LogP contribution in [-0.2, 0) is 6.54 Å². The van der Waals surface area contributed by atoms with E-state index in [2.05, 4.69) is 10.3 Å². The van der Waals surface area contributed by atoms with Gasteiger partial charge >= 0.3 is 6.03 Å². The van der Waals surface area contributed by atoms with E-state index in [4.69, 9.17) is 0 Å². The quantitative estimate of drug-likeness (QED) is 0.857. The van der Waals surface area contributed by atoms with Crippen LogP contribution < -0.4 is 5.32 Å². The third-order valence-corrected chi connectivity index (χ3v) is 3.18. The fraction of sp³-hybridized carbons (Fsp3) is 0.538. The molecular weight excluding hydrogens is 228 g/mol. The van der Waals surface area contributed by atoms with E-state index >= 15 is 0 Å². The minimum atomic E-state index is 0.0907. The zero-order chi connectivity index (χ0) is 13.0. The molecule has 0 bridgehead atoms. The van der Waals surface area contributed by atoms with Gasteiger partial charge in [0.15, 0.2) is 0 Å². The maximum Gasteiger partial charge on any atom is 0.320 e. The van der Waals surface area contributed by atoms with Crippen LogP contribution in [0.1, 0.15) is 5.69 Å². The number of hydrogen-bond acceptors (Lipinski definition) is 3. The number of amides is 2. The van der Waals surface area contributed by atoms with Gasteiger partial charge in [0.1, 0.15) is 0 Å². The van der Waals surface area contributed by atoms with E-state index in [1.54, 1.807) is 11.1 Å². The minimum Gasteiger partial charge on any atom is -0.327 e. The van der Waals surface area contributed by atoms with Crippen molar-refractivity contribution in [3.8, 4) is 0 Å². The van der Waals surface area contributed by atoms with Gasteiger partial charge in [0.2, 0.25) is 0 Å². The molecule has 1 aliphatic rings. The zero-order valence-electron chi connectivity index (χ0n) is 11.0. The molecule has 1 unspecified atom stereocenters. The molecule has 0 aliphatic carbocycles. The van der Waals surface area contributed by atoms with E-state index < -0.39 is 0 Å². The number of rotatable bonds is 4. The van der Waals surface area contributed by atoms with Crippen LogP contribution in [0, 0.1) is 5.92 Å². The Morgan fingerprint density at radius 3 is 2.94 bits per heavy atom. The van der Waals surface area contributed by atoms with Crippen molar-refractivity contribution in [2.45, 2.75) is 6.54 Å². The lowest BCUT2D eigenvalue weighted by molar-refractivity contribution is 0.111. The summed E-state index contributed by atoms with van der Waals surface area (Å²) in [5.41, 5.74) is 0.935. The number of hydrogen-bond donors (Lipinski definition) is 1. The molecule has 5 heteroatoms. The van der Waals surface area contributed by atoms with Gasteiger partial charge in [0.25, 0.3) is 0 Å². The van der Waals surface area contributed by atoms with Crippen molar-refractivity contribution in [1.29, 1.82) is 0 Å². The Bertz CT molecular complexity index is 395. The fourth-order valence-corrected chi connectivity index (χ4v) is 2.39. The molecule has 1 N–H and O–H groups in total. The predicted octanol–water partition coefficient (Wildman–Crippen LogP) is 0.785. The summed E-state index contributed by atoms with van der Waals surface area (Å²) >= 11 is 0. The van der Waals surface area contributed by atoms with Gasteiger partial charge in [0, 0.05) is 38.8 Å². The Labute approximate surface area is 108 Å². The second-order valence-electron chi connectivity index (χ2n) is 4.79. The van der Waals surface area contributed by atoms with Crippen molar-refractivity contribution in [1.82, 2.24) is 20.1 Å². The lowest BCUT2D eigenvalue weighted by Gasteiger charge is -2.38.